The highest BCUT2D eigenvalue weighted by molar-refractivity contribution is 5.80. The SMILES string of the molecule is O=C(Cc1nc2ccccc2[nH]1)NC(c1ccc(F)cc1)C1CC(O)C1. The summed E-state index contributed by atoms with van der Waals surface area (Å²) in [4.78, 5) is 20.1. The van der Waals surface area contributed by atoms with Gasteiger partial charge in [-0.2, -0.15) is 0 Å². The molecule has 1 aliphatic carbocycles. The number of halogens is 1. The van der Waals surface area contributed by atoms with Crippen LogP contribution >= 0.6 is 0 Å². The fourth-order valence-corrected chi connectivity index (χ4v) is 3.51. The van der Waals surface area contributed by atoms with E-state index >= 15 is 0 Å². The summed E-state index contributed by atoms with van der Waals surface area (Å²) < 4.78 is 13.2. The molecule has 0 bridgehead atoms. The molecule has 2 aromatic carbocycles. The van der Waals surface area contributed by atoms with Crippen LogP contribution in [-0.4, -0.2) is 27.1 Å². The number of para-hydroxylation sites is 2. The van der Waals surface area contributed by atoms with Gasteiger partial charge in [0.25, 0.3) is 0 Å². The highest BCUT2D eigenvalue weighted by Crippen LogP contribution is 2.38. The van der Waals surface area contributed by atoms with Crippen LogP contribution in [0.2, 0.25) is 0 Å². The normalized spacial score (nSPS) is 20.5. The Bertz CT molecular complexity index is 883. The Kier molecular flexibility index (Phi) is 4.42. The van der Waals surface area contributed by atoms with Gasteiger partial charge in [-0.25, -0.2) is 9.37 Å². The summed E-state index contributed by atoms with van der Waals surface area (Å²) >= 11 is 0. The second kappa shape index (κ2) is 6.88. The van der Waals surface area contributed by atoms with E-state index in [9.17, 15) is 14.3 Å². The minimum absolute atomic E-state index is 0.141. The minimum atomic E-state index is -0.324. The van der Waals surface area contributed by atoms with Gasteiger partial charge in [-0.1, -0.05) is 24.3 Å². The third-order valence-electron chi connectivity index (χ3n) is 4.93. The number of fused-ring (bicyclic) bond motifs is 1. The van der Waals surface area contributed by atoms with Gasteiger partial charge in [-0.15, -0.1) is 0 Å². The fourth-order valence-electron chi connectivity index (χ4n) is 3.51. The van der Waals surface area contributed by atoms with Crippen molar-refractivity contribution < 1.29 is 14.3 Å². The summed E-state index contributed by atoms with van der Waals surface area (Å²) in [6.45, 7) is 0. The topological polar surface area (TPSA) is 78.0 Å². The van der Waals surface area contributed by atoms with E-state index in [-0.39, 0.29) is 36.2 Å². The van der Waals surface area contributed by atoms with Crippen LogP contribution in [0.1, 0.15) is 30.3 Å². The molecule has 0 radical (unpaired) electrons. The van der Waals surface area contributed by atoms with E-state index in [0.29, 0.717) is 18.7 Å². The first-order valence-corrected chi connectivity index (χ1v) is 8.75. The van der Waals surface area contributed by atoms with Crippen LogP contribution < -0.4 is 5.32 Å². The Hall–Kier alpha value is -2.73. The van der Waals surface area contributed by atoms with Gasteiger partial charge in [0.1, 0.15) is 11.6 Å². The quantitative estimate of drug-likeness (QED) is 0.660. The molecule has 1 aromatic heterocycles. The molecule has 1 atom stereocenters. The van der Waals surface area contributed by atoms with Crippen LogP contribution in [0.25, 0.3) is 11.0 Å². The number of carbonyl (C=O) groups is 1. The molecule has 1 amide bonds. The van der Waals surface area contributed by atoms with Crippen molar-refractivity contribution in [2.75, 3.05) is 0 Å². The van der Waals surface area contributed by atoms with Crippen molar-refractivity contribution in [2.24, 2.45) is 5.92 Å². The molecule has 6 heteroatoms. The zero-order valence-electron chi connectivity index (χ0n) is 14.2. The number of imidazole rings is 1. The molecule has 3 N–H and O–H groups in total. The molecule has 1 heterocycles. The van der Waals surface area contributed by atoms with Gasteiger partial charge in [0.2, 0.25) is 5.91 Å². The van der Waals surface area contributed by atoms with Crippen molar-refractivity contribution in [1.29, 1.82) is 0 Å². The van der Waals surface area contributed by atoms with Crippen molar-refractivity contribution >= 4 is 16.9 Å². The summed E-state index contributed by atoms with van der Waals surface area (Å²) in [7, 11) is 0. The number of nitrogens with one attached hydrogen (secondary N) is 2. The number of H-pyrrole nitrogens is 1. The summed E-state index contributed by atoms with van der Waals surface area (Å²) in [6.07, 6.45) is 1.08. The zero-order valence-corrected chi connectivity index (χ0v) is 14.2. The number of aliphatic hydroxyl groups excluding tert-OH is 1. The first kappa shape index (κ1) is 16.7. The maximum atomic E-state index is 13.2. The first-order chi connectivity index (χ1) is 12.6. The summed E-state index contributed by atoms with van der Waals surface area (Å²) in [5.41, 5.74) is 2.57. The molecule has 0 saturated heterocycles. The maximum absolute atomic E-state index is 13.2. The van der Waals surface area contributed by atoms with Gasteiger partial charge in [-0.05, 0) is 48.6 Å². The van der Waals surface area contributed by atoms with E-state index in [1.165, 1.54) is 12.1 Å². The number of aromatic amines is 1. The fraction of sp³-hybridized carbons (Fsp3) is 0.300. The lowest BCUT2D eigenvalue weighted by atomic mass is 9.75. The molecule has 26 heavy (non-hydrogen) atoms. The van der Waals surface area contributed by atoms with Gasteiger partial charge < -0.3 is 15.4 Å². The zero-order chi connectivity index (χ0) is 18.1. The predicted molar refractivity (Wildman–Crippen MR) is 95.8 cm³/mol. The Balaban J connectivity index is 1.49. The van der Waals surface area contributed by atoms with Gasteiger partial charge in [0.05, 0.1) is 29.6 Å². The highest BCUT2D eigenvalue weighted by atomic mass is 19.1. The monoisotopic (exact) mass is 353 g/mol. The van der Waals surface area contributed by atoms with Gasteiger partial charge in [-0.3, -0.25) is 4.79 Å². The van der Waals surface area contributed by atoms with Crippen molar-refractivity contribution in [3.63, 3.8) is 0 Å². The van der Waals surface area contributed by atoms with E-state index < -0.39 is 0 Å². The second-order valence-corrected chi connectivity index (χ2v) is 6.86. The highest BCUT2D eigenvalue weighted by Gasteiger charge is 2.35. The molecule has 3 aromatic rings. The van der Waals surface area contributed by atoms with E-state index in [0.717, 1.165) is 16.6 Å². The van der Waals surface area contributed by atoms with Gasteiger partial charge in [0.15, 0.2) is 0 Å². The third-order valence-corrected chi connectivity index (χ3v) is 4.93. The summed E-state index contributed by atoms with van der Waals surface area (Å²) in [6, 6.07) is 13.5. The van der Waals surface area contributed by atoms with Crippen LogP contribution in [-0.2, 0) is 11.2 Å². The Morgan fingerprint density at radius 1 is 1.23 bits per heavy atom. The third kappa shape index (κ3) is 3.46. The van der Waals surface area contributed by atoms with E-state index in [1.807, 2.05) is 24.3 Å². The van der Waals surface area contributed by atoms with Crippen LogP contribution in [0, 0.1) is 11.7 Å². The molecule has 0 spiro atoms. The molecule has 0 aliphatic heterocycles. The lowest BCUT2D eigenvalue weighted by molar-refractivity contribution is -0.122. The lowest BCUT2D eigenvalue weighted by Crippen LogP contribution is -2.42. The van der Waals surface area contributed by atoms with Crippen molar-refractivity contribution in [3.05, 3.63) is 65.7 Å². The lowest BCUT2D eigenvalue weighted by Gasteiger charge is -2.38. The van der Waals surface area contributed by atoms with Gasteiger partial charge >= 0.3 is 0 Å². The van der Waals surface area contributed by atoms with Crippen LogP contribution in [0.5, 0.6) is 0 Å². The number of hydrogen-bond donors (Lipinski definition) is 3. The average Bonchev–Trinajstić information content (AvgIpc) is 3.00. The Morgan fingerprint density at radius 3 is 2.65 bits per heavy atom. The summed E-state index contributed by atoms with van der Waals surface area (Å²) in [5, 5.41) is 12.7. The maximum Gasteiger partial charge on any atom is 0.228 e. The largest absolute Gasteiger partial charge is 0.393 e. The Morgan fingerprint density at radius 2 is 1.96 bits per heavy atom. The summed E-state index contributed by atoms with van der Waals surface area (Å²) in [5.74, 6) is 0.291. The standard InChI is InChI=1S/C20H20FN3O2/c21-14-7-5-12(6-8-14)20(13-9-15(25)10-13)24-19(26)11-18-22-16-3-1-2-4-17(16)23-18/h1-8,13,15,20,25H,9-11H2,(H,22,23)(H,24,26). The Labute approximate surface area is 150 Å². The molecule has 1 aliphatic rings. The molecule has 1 unspecified atom stereocenters. The smallest absolute Gasteiger partial charge is 0.228 e. The predicted octanol–water partition coefficient (Wildman–Crippen LogP) is 2.87. The molecule has 4 rings (SSSR count). The van der Waals surface area contributed by atoms with Gasteiger partial charge in [0, 0.05) is 0 Å². The van der Waals surface area contributed by atoms with E-state index in [1.54, 1.807) is 12.1 Å². The number of amides is 1. The first-order valence-electron chi connectivity index (χ1n) is 8.75. The second-order valence-electron chi connectivity index (χ2n) is 6.86. The molecule has 5 nitrogen and oxygen atoms in total. The van der Waals surface area contributed by atoms with Crippen LogP contribution in [0.15, 0.2) is 48.5 Å². The molecular weight excluding hydrogens is 333 g/mol. The van der Waals surface area contributed by atoms with E-state index in [4.69, 9.17) is 0 Å². The van der Waals surface area contributed by atoms with Crippen molar-refractivity contribution in [2.45, 2.75) is 31.4 Å². The van der Waals surface area contributed by atoms with Crippen LogP contribution in [0.4, 0.5) is 4.39 Å². The van der Waals surface area contributed by atoms with Crippen molar-refractivity contribution in [3.8, 4) is 0 Å². The molecular formula is C20H20FN3O2. The molecule has 134 valence electrons. The number of carbonyl (C=O) groups excluding carboxylic acids is 1. The number of aliphatic hydroxyl groups is 1. The minimum Gasteiger partial charge on any atom is -0.393 e. The van der Waals surface area contributed by atoms with Crippen LogP contribution in [0.3, 0.4) is 0 Å². The number of aromatic nitrogens is 2. The van der Waals surface area contributed by atoms with Crippen molar-refractivity contribution in [1.82, 2.24) is 15.3 Å². The average molecular weight is 353 g/mol. The molecule has 1 fully saturated rings. The number of rotatable bonds is 5. The number of hydrogen-bond acceptors (Lipinski definition) is 3. The van der Waals surface area contributed by atoms with E-state index in [2.05, 4.69) is 15.3 Å². The number of benzene rings is 2. The molecule has 1 saturated carbocycles. The number of nitrogens with zero attached hydrogens (tertiary/aromatic N) is 1.